The van der Waals surface area contributed by atoms with E-state index in [0.717, 1.165) is 42.6 Å². The first-order chi connectivity index (χ1) is 10.0. The van der Waals surface area contributed by atoms with E-state index in [4.69, 9.17) is 0 Å². The van der Waals surface area contributed by atoms with E-state index >= 15 is 0 Å². The highest BCUT2D eigenvalue weighted by atomic mass is 16.4. The van der Waals surface area contributed by atoms with Crippen molar-refractivity contribution in [2.45, 2.75) is 6.92 Å². The molecule has 0 radical (unpaired) electrons. The fourth-order valence-electron chi connectivity index (χ4n) is 2.68. The second-order valence-corrected chi connectivity index (χ2v) is 5.65. The molecule has 2 heterocycles. The summed E-state index contributed by atoms with van der Waals surface area (Å²) in [5.41, 5.74) is 2.27. The Hall–Kier alpha value is -2.14. The van der Waals surface area contributed by atoms with Gasteiger partial charge in [-0.25, -0.2) is 9.78 Å². The number of aromatic nitrogens is 1. The summed E-state index contributed by atoms with van der Waals surface area (Å²) in [5, 5.41) is 10.4. The predicted molar refractivity (Wildman–Crippen MR) is 83.1 cm³/mol. The topological polar surface area (TPSA) is 56.7 Å². The Kier molecular flexibility index (Phi) is 3.51. The van der Waals surface area contributed by atoms with Crippen molar-refractivity contribution in [3.8, 4) is 0 Å². The van der Waals surface area contributed by atoms with Crippen LogP contribution in [0.25, 0.3) is 10.9 Å². The normalized spacial score (nSPS) is 16.4. The van der Waals surface area contributed by atoms with Gasteiger partial charge in [0, 0.05) is 31.6 Å². The third-order valence-corrected chi connectivity index (χ3v) is 3.99. The van der Waals surface area contributed by atoms with E-state index in [1.165, 1.54) is 0 Å². The van der Waals surface area contributed by atoms with Crippen LogP contribution in [0.1, 0.15) is 15.9 Å². The first-order valence-electron chi connectivity index (χ1n) is 7.13. The van der Waals surface area contributed by atoms with Crippen LogP contribution in [0.5, 0.6) is 0 Å². The van der Waals surface area contributed by atoms with Gasteiger partial charge >= 0.3 is 5.97 Å². The van der Waals surface area contributed by atoms with E-state index < -0.39 is 5.97 Å². The summed E-state index contributed by atoms with van der Waals surface area (Å²) in [6, 6.07) is 7.64. The van der Waals surface area contributed by atoms with Gasteiger partial charge in [-0.05, 0) is 31.7 Å². The van der Waals surface area contributed by atoms with Gasteiger partial charge in [0.15, 0.2) is 0 Å². The molecule has 21 heavy (non-hydrogen) atoms. The maximum atomic E-state index is 11.6. The number of piperazine rings is 1. The lowest BCUT2D eigenvalue weighted by molar-refractivity contribution is 0.0697. The molecule has 0 unspecified atom stereocenters. The van der Waals surface area contributed by atoms with Gasteiger partial charge < -0.3 is 14.9 Å². The maximum Gasteiger partial charge on any atom is 0.339 e. The molecule has 1 aliphatic heterocycles. The summed E-state index contributed by atoms with van der Waals surface area (Å²) in [6.07, 6.45) is 0. The molecule has 1 aliphatic rings. The zero-order chi connectivity index (χ0) is 15.0. The monoisotopic (exact) mass is 285 g/mol. The summed E-state index contributed by atoms with van der Waals surface area (Å²) < 4.78 is 0. The Morgan fingerprint density at radius 3 is 2.57 bits per heavy atom. The fraction of sp³-hybridized carbons (Fsp3) is 0.375. The van der Waals surface area contributed by atoms with Crippen molar-refractivity contribution < 1.29 is 9.90 Å². The number of likely N-dealkylation sites (N-methyl/N-ethyl adjacent to an activating group) is 1. The molecule has 110 valence electrons. The van der Waals surface area contributed by atoms with Gasteiger partial charge in [-0.1, -0.05) is 12.1 Å². The number of anilines is 1. The van der Waals surface area contributed by atoms with Crippen LogP contribution in [0, 0.1) is 6.92 Å². The number of carboxylic acid groups (broad SMARTS) is 1. The molecule has 0 aliphatic carbocycles. The number of pyridine rings is 1. The zero-order valence-electron chi connectivity index (χ0n) is 12.3. The van der Waals surface area contributed by atoms with Gasteiger partial charge in [-0.3, -0.25) is 0 Å². The number of carbonyl (C=O) groups is 1. The summed E-state index contributed by atoms with van der Waals surface area (Å²) >= 11 is 0. The lowest BCUT2D eigenvalue weighted by atomic mass is 10.1. The highest BCUT2D eigenvalue weighted by molar-refractivity contribution is 5.98. The number of hydrogen-bond donors (Lipinski definition) is 1. The molecular weight excluding hydrogens is 266 g/mol. The average molecular weight is 285 g/mol. The number of aryl methyl sites for hydroxylation is 1. The summed E-state index contributed by atoms with van der Waals surface area (Å²) in [6.45, 7) is 5.48. The summed E-state index contributed by atoms with van der Waals surface area (Å²) in [4.78, 5) is 20.5. The van der Waals surface area contributed by atoms with Gasteiger partial charge in [-0.2, -0.15) is 0 Å². The Morgan fingerprint density at radius 2 is 1.90 bits per heavy atom. The van der Waals surface area contributed by atoms with Crippen LogP contribution in [0.3, 0.4) is 0 Å². The van der Waals surface area contributed by atoms with E-state index in [9.17, 15) is 9.90 Å². The second kappa shape index (κ2) is 5.33. The van der Waals surface area contributed by atoms with Gasteiger partial charge in [-0.15, -0.1) is 0 Å². The third kappa shape index (κ3) is 2.69. The first kappa shape index (κ1) is 13.8. The molecule has 5 nitrogen and oxygen atoms in total. The Balaban J connectivity index is 2.10. The van der Waals surface area contributed by atoms with Crippen LogP contribution >= 0.6 is 0 Å². The molecule has 1 aromatic heterocycles. The summed E-state index contributed by atoms with van der Waals surface area (Å²) in [7, 11) is 2.08. The van der Waals surface area contributed by atoms with Crippen LogP contribution < -0.4 is 4.90 Å². The van der Waals surface area contributed by atoms with Crippen LogP contribution in [-0.4, -0.2) is 54.2 Å². The minimum atomic E-state index is -0.918. The molecule has 0 bridgehead atoms. The number of fused-ring (bicyclic) bond motifs is 1. The van der Waals surface area contributed by atoms with Crippen molar-refractivity contribution in [3.63, 3.8) is 0 Å². The lowest BCUT2D eigenvalue weighted by Gasteiger charge is -2.34. The number of hydrogen-bond acceptors (Lipinski definition) is 4. The predicted octanol–water partition coefficient (Wildman–Crippen LogP) is 1.99. The molecule has 0 atom stereocenters. The minimum absolute atomic E-state index is 0.288. The molecule has 1 fully saturated rings. The highest BCUT2D eigenvalue weighted by Gasteiger charge is 2.22. The van der Waals surface area contributed by atoms with Crippen LogP contribution in [-0.2, 0) is 0 Å². The standard InChI is InChI=1S/C16H19N3O2/c1-11-3-4-12-10-13(16(20)21)15(17-14(12)9-11)19-7-5-18(2)6-8-19/h3-4,9-10H,5-8H2,1-2H3,(H,20,21). The third-order valence-electron chi connectivity index (χ3n) is 3.99. The average Bonchev–Trinajstić information content (AvgIpc) is 2.46. The van der Waals surface area contributed by atoms with Crippen LogP contribution in [0.15, 0.2) is 24.3 Å². The van der Waals surface area contributed by atoms with Gasteiger partial charge in [0.1, 0.15) is 11.4 Å². The van der Waals surface area contributed by atoms with Gasteiger partial charge in [0.25, 0.3) is 0 Å². The largest absolute Gasteiger partial charge is 0.478 e. The van der Waals surface area contributed by atoms with Crippen molar-refractivity contribution in [2.24, 2.45) is 0 Å². The zero-order valence-corrected chi connectivity index (χ0v) is 12.3. The van der Waals surface area contributed by atoms with E-state index in [1.54, 1.807) is 6.07 Å². The Labute approximate surface area is 123 Å². The van der Waals surface area contributed by atoms with Crippen molar-refractivity contribution in [3.05, 3.63) is 35.4 Å². The molecule has 0 spiro atoms. The minimum Gasteiger partial charge on any atom is -0.478 e. The number of carboxylic acids is 1. The van der Waals surface area contributed by atoms with E-state index in [-0.39, 0.29) is 5.56 Å². The maximum absolute atomic E-state index is 11.6. The van der Waals surface area contributed by atoms with Crippen LogP contribution in [0.2, 0.25) is 0 Å². The van der Waals surface area contributed by atoms with Gasteiger partial charge in [0.05, 0.1) is 5.52 Å². The molecule has 0 saturated carbocycles. The van der Waals surface area contributed by atoms with Crippen molar-refractivity contribution in [1.82, 2.24) is 9.88 Å². The Morgan fingerprint density at radius 1 is 1.19 bits per heavy atom. The quantitative estimate of drug-likeness (QED) is 0.914. The molecular formula is C16H19N3O2. The number of aromatic carboxylic acids is 1. The molecule has 1 aromatic carbocycles. The molecule has 2 aromatic rings. The number of nitrogens with zero attached hydrogens (tertiary/aromatic N) is 3. The van der Waals surface area contributed by atoms with E-state index in [2.05, 4.69) is 21.8 Å². The number of rotatable bonds is 2. The van der Waals surface area contributed by atoms with Crippen molar-refractivity contribution >= 4 is 22.7 Å². The van der Waals surface area contributed by atoms with Crippen LogP contribution in [0.4, 0.5) is 5.82 Å². The van der Waals surface area contributed by atoms with E-state index in [0.29, 0.717) is 5.82 Å². The molecule has 0 amide bonds. The smallest absolute Gasteiger partial charge is 0.339 e. The second-order valence-electron chi connectivity index (χ2n) is 5.65. The fourth-order valence-corrected chi connectivity index (χ4v) is 2.68. The Bertz CT molecular complexity index is 691. The molecule has 5 heteroatoms. The van der Waals surface area contributed by atoms with Gasteiger partial charge in [0.2, 0.25) is 0 Å². The number of benzene rings is 1. The van der Waals surface area contributed by atoms with Crippen molar-refractivity contribution in [2.75, 3.05) is 38.1 Å². The SMILES string of the molecule is Cc1ccc2cc(C(=O)O)c(N3CCN(C)CC3)nc2c1. The van der Waals surface area contributed by atoms with Crippen molar-refractivity contribution in [1.29, 1.82) is 0 Å². The molecule has 3 rings (SSSR count). The first-order valence-corrected chi connectivity index (χ1v) is 7.13. The van der Waals surface area contributed by atoms with E-state index in [1.807, 2.05) is 25.1 Å². The summed E-state index contributed by atoms with van der Waals surface area (Å²) in [5.74, 6) is -0.326. The lowest BCUT2D eigenvalue weighted by Crippen LogP contribution is -2.45. The highest BCUT2D eigenvalue weighted by Crippen LogP contribution is 2.25. The molecule has 1 N–H and O–H groups in total. The molecule has 1 saturated heterocycles.